The molecule has 0 amide bonds. The fraction of sp³-hybridized carbons (Fsp3) is 0.857. The highest BCUT2D eigenvalue weighted by molar-refractivity contribution is 5.75. The van der Waals surface area contributed by atoms with Crippen LogP contribution in [0.25, 0.3) is 0 Å². The third-order valence-corrected chi connectivity index (χ3v) is 9.70. The lowest BCUT2D eigenvalue weighted by Crippen LogP contribution is -2.51. The number of rotatable bonds is 4. The Balaban J connectivity index is 1.62. The van der Waals surface area contributed by atoms with E-state index in [1.165, 1.54) is 44.9 Å². The molecule has 0 saturated heterocycles. The minimum atomic E-state index is -0.463. The molecule has 0 heterocycles. The van der Waals surface area contributed by atoms with E-state index in [2.05, 4.69) is 13.8 Å². The second kappa shape index (κ2) is 8.47. The lowest BCUT2D eigenvalue weighted by Gasteiger charge is -2.57. The first kappa shape index (κ1) is 23.8. The number of hydrogen-bond donors (Lipinski definition) is 0. The van der Waals surface area contributed by atoms with Crippen LogP contribution in [0.2, 0.25) is 0 Å². The summed E-state index contributed by atoms with van der Waals surface area (Å²) in [5.74, 6) is 1.42. The van der Waals surface area contributed by atoms with E-state index in [0.29, 0.717) is 24.4 Å². The molecule has 3 saturated carbocycles. The minimum absolute atomic E-state index is 0.0533. The van der Waals surface area contributed by atoms with Gasteiger partial charge in [0.05, 0.1) is 12.0 Å². The Hall–Kier alpha value is -1.32. The summed E-state index contributed by atoms with van der Waals surface area (Å²) in [6.07, 6.45) is 12.1. The van der Waals surface area contributed by atoms with E-state index < -0.39 is 5.41 Å². The van der Waals surface area contributed by atoms with E-state index in [1.54, 1.807) is 18.1 Å². The highest BCUT2D eigenvalue weighted by atomic mass is 16.5. The van der Waals surface area contributed by atoms with Crippen molar-refractivity contribution in [1.29, 1.82) is 0 Å². The van der Waals surface area contributed by atoms with Crippen LogP contribution in [0, 0.1) is 34.0 Å². The standard InChI is InChI=1S/C28H44O4/c1-18(32-25(30)26(3,4)5)22-12-13-23-21-11-10-20-9-7-8-15-28(20,17-31-19(2)29)24(21)14-16-27(22,23)6/h18,20,22,24H,7-17H2,1-6H3/t18-,20-,22+,24-,27+,28+/m0/s1. The summed E-state index contributed by atoms with van der Waals surface area (Å²) in [6, 6.07) is 0. The van der Waals surface area contributed by atoms with E-state index >= 15 is 0 Å². The van der Waals surface area contributed by atoms with Crippen LogP contribution in [-0.2, 0) is 19.1 Å². The Morgan fingerprint density at radius 3 is 2.50 bits per heavy atom. The van der Waals surface area contributed by atoms with Crippen molar-refractivity contribution in [2.45, 2.75) is 112 Å². The molecular formula is C28H44O4. The smallest absolute Gasteiger partial charge is 0.311 e. The molecule has 32 heavy (non-hydrogen) atoms. The maximum atomic E-state index is 12.6. The Labute approximate surface area is 194 Å². The van der Waals surface area contributed by atoms with Gasteiger partial charge in [0.1, 0.15) is 6.10 Å². The topological polar surface area (TPSA) is 52.6 Å². The molecule has 0 aromatic heterocycles. The summed E-state index contributed by atoms with van der Waals surface area (Å²) in [4.78, 5) is 24.3. The largest absolute Gasteiger partial charge is 0.465 e. The first-order valence-corrected chi connectivity index (χ1v) is 13.1. The third-order valence-electron chi connectivity index (χ3n) is 9.70. The van der Waals surface area contributed by atoms with Gasteiger partial charge in [-0.3, -0.25) is 9.59 Å². The first-order valence-electron chi connectivity index (χ1n) is 13.1. The molecule has 0 spiro atoms. The summed E-state index contributed by atoms with van der Waals surface area (Å²) in [7, 11) is 0. The maximum absolute atomic E-state index is 12.6. The number of esters is 2. The number of ether oxygens (including phenoxy) is 2. The average Bonchev–Trinajstić information content (AvgIpc) is 3.08. The first-order chi connectivity index (χ1) is 15.0. The molecule has 0 unspecified atom stereocenters. The second-order valence-corrected chi connectivity index (χ2v) is 12.5. The molecule has 4 heteroatoms. The average molecular weight is 445 g/mol. The Bertz CT molecular complexity index is 790. The van der Waals surface area contributed by atoms with E-state index in [4.69, 9.17) is 9.47 Å². The Morgan fingerprint density at radius 1 is 1.06 bits per heavy atom. The summed E-state index contributed by atoms with van der Waals surface area (Å²) in [5.41, 5.74) is 3.18. The molecule has 0 radical (unpaired) electrons. The molecule has 0 aliphatic heterocycles. The zero-order valence-corrected chi connectivity index (χ0v) is 21.2. The predicted octanol–water partition coefficient (Wildman–Crippen LogP) is 6.62. The fourth-order valence-electron chi connectivity index (χ4n) is 8.04. The van der Waals surface area contributed by atoms with Crippen LogP contribution in [0.4, 0.5) is 0 Å². The Morgan fingerprint density at radius 2 is 1.81 bits per heavy atom. The van der Waals surface area contributed by atoms with Crippen LogP contribution in [0.15, 0.2) is 11.1 Å². The van der Waals surface area contributed by atoms with Crippen LogP contribution < -0.4 is 0 Å². The van der Waals surface area contributed by atoms with Crippen molar-refractivity contribution >= 4 is 11.9 Å². The summed E-state index contributed by atoms with van der Waals surface area (Å²) >= 11 is 0. The van der Waals surface area contributed by atoms with Gasteiger partial charge in [0.15, 0.2) is 0 Å². The number of hydrogen-bond acceptors (Lipinski definition) is 4. The molecule has 6 atom stereocenters. The van der Waals surface area contributed by atoms with Gasteiger partial charge < -0.3 is 9.47 Å². The molecule has 0 bridgehead atoms. The maximum Gasteiger partial charge on any atom is 0.311 e. The molecule has 180 valence electrons. The molecule has 4 aliphatic rings. The zero-order valence-electron chi connectivity index (χ0n) is 21.2. The molecule has 0 aromatic rings. The monoisotopic (exact) mass is 444 g/mol. The SMILES string of the molecule is CC(=O)OC[C@]12CCCC[C@H]1CCC1=C3CC[C@H]([C@H](C)OC(=O)C(C)(C)C)[C@@]3(C)CC[C@@H]12. The van der Waals surface area contributed by atoms with E-state index in [0.717, 1.165) is 19.3 Å². The van der Waals surface area contributed by atoms with Crippen molar-refractivity contribution in [3.8, 4) is 0 Å². The van der Waals surface area contributed by atoms with Gasteiger partial charge in [-0.15, -0.1) is 0 Å². The van der Waals surface area contributed by atoms with Gasteiger partial charge >= 0.3 is 11.9 Å². The zero-order chi connectivity index (χ0) is 23.3. The molecule has 0 aromatic carbocycles. The van der Waals surface area contributed by atoms with Gasteiger partial charge in [0.25, 0.3) is 0 Å². The summed E-state index contributed by atoms with van der Waals surface area (Å²) in [6.45, 7) is 12.5. The molecule has 4 aliphatic carbocycles. The van der Waals surface area contributed by atoms with Crippen molar-refractivity contribution in [2.75, 3.05) is 6.61 Å². The van der Waals surface area contributed by atoms with Gasteiger partial charge in [-0.1, -0.05) is 30.9 Å². The minimum Gasteiger partial charge on any atom is -0.465 e. The van der Waals surface area contributed by atoms with Crippen molar-refractivity contribution in [2.24, 2.45) is 34.0 Å². The molecular weight excluding hydrogens is 400 g/mol. The summed E-state index contributed by atoms with van der Waals surface area (Å²) in [5, 5.41) is 0. The van der Waals surface area contributed by atoms with Crippen molar-refractivity contribution in [3.05, 3.63) is 11.1 Å². The number of carbonyl (C=O) groups is 2. The van der Waals surface area contributed by atoms with Gasteiger partial charge in [0, 0.05) is 18.3 Å². The van der Waals surface area contributed by atoms with Gasteiger partial charge in [0.2, 0.25) is 0 Å². The fourth-order valence-corrected chi connectivity index (χ4v) is 8.04. The molecule has 3 fully saturated rings. The lowest BCUT2D eigenvalue weighted by molar-refractivity contribution is -0.162. The lowest BCUT2D eigenvalue weighted by atomic mass is 9.48. The van der Waals surface area contributed by atoms with Crippen LogP contribution >= 0.6 is 0 Å². The van der Waals surface area contributed by atoms with Crippen LogP contribution in [0.5, 0.6) is 0 Å². The van der Waals surface area contributed by atoms with E-state index in [9.17, 15) is 9.59 Å². The van der Waals surface area contributed by atoms with E-state index in [1.807, 2.05) is 20.8 Å². The van der Waals surface area contributed by atoms with Crippen molar-refractivity contribution in [1.82, 2.24) is 0 Å². The number of allylic oxidation sites excluding steroid dienone is 2. The van der Waals surface area contributed by atoms with Crippen LogP contribution in [-0.4, -0.2) is 24.6 Å². The molecule has 4 rings (SSSR count). The summed E-state index contributed by atoms with van der Waals surface area (Å²) < 4.78 is 11.7. The highest BCUT2D eigenvalue weighted by Gasteiger charge is 2.57. The number of fused-ring (bicyclic) bond motifs is 4. The van der Waals surface area contributed by atoms with Crippen LogP contribution in [0.1, 0.15) is 106 Å². The van der Waals surface area contributed by atoms with Crippen molar-refractivity contribution in [3.63, 3.8) is 0 Å². The Kier molecular flexibility index (Phi) is 6.31. The van der Waals surface area contributed by atoms with Gasteiger partial charge in [-0.25, -0.2) is 0 Å². The van der Waals surface area contributed by atoms with Gasteiger partial charge in [-0.05, 0) is 96.3 Å². The quantitative estimate of drug-likeness (QED) is 0.361. The molecule has 4 nitrogen and oxygen atoms in total. The molecule has 0 N–H and O–H groups in total. The second-order valence-electron chi connectivity index (χ2n) is 12.5. The van der Waals surface area contributed by atoms with Gasteiger partial charge in [-0.2, -0.15) is 0 Å². The van der Waals surface area contributed by atoms with Crippen LogP contribution in [0.3, 0.4) is 0 Å². The van der Waals surface area contributed by atoms with Crippen molar-refractivity contribution < 1.29 is 19.1 Å². The predicted molar refractivity (Wildman–Crippen MR) is 126 cm³/mol. The number of carbonyl (C=O) groups excluding carboxylic acids is 2. The van der Waals surface area contributed by atoms with E-state index in [-0.39, 0.29) is 28.9 Å². The highest BCUT2D eigenvalue weighted by Crippen LogP contribution is 2.65. The third kappa shape index (κ3) is 3.94. The normalized spacial score (nSPS) is 37.8.